The molecule has 0 bridgehead atoms. The second kappa shape index (κ2) is 8.70. The Kier molecular flexibility index (Phi) is 7.26. The average molecular weight is 315 g/mol. The number of likely N-dealkylation sites (N-methyl/N-ethyl adjacent to an activating group) is 1. The third-order valence-corrected chi connectivity index (χ3v) is 4.03. The second-order valence-electron chi connectivity index (χ2n) is 5.47. The average Bonchev–Trinajstić information content (AvgIpc) is 3.02. The number of carbonyl (C=O) groups excluding carboxylic acids is 3. The number of likely N-dealkylation sites (tertiary alicyclic amines) is 1. The SMILES string of the molecule is CCCC[C@@H](C(=O)N1CCC[C@H]1C(=O)NC)[C@H](O)C(=O)NO. The molecule has 0 radical (unpaired) electrons. The van der Waals surface area contributed by atoms with Crippen molar-refractivity contribution in [3.05, 3.63) is 0 Å². The highest BCUT2D eigenvalue weighted by Gasteiger charge is 2.40. The highest BCUT2D eigenvalue weighted by molar-refractivity contribution is 5.92. The molecule has 1 aliphatic rings. The van der Waals surface area contributed by atoms with Crippen molar-refractivity contribution < 1.29 is 24.7 Å². The standard InChI is InChI=1S/C14H25N3O5/c1-3-4-6-9(11(18)13(20)16-22)14(21)17-8-5-7-10(17)12(19)15-2/h9-11,18,22H,3-8H2,1-2H3,(H,15,19)(H,16,20)/t9-,10+,11+/m1/s1. The lowest BCUT2D eigenvalue weighted by atomic mass is 9.93. The number of hydroxylamine groups is 1. The first-order valence-corrected chi connectivity index (χ1v) is 7.62. The maximum Gasteiger partial charge on any atom is 0.272 e. The molecule has 0 spiro atoms. The predicted octanol–water partition coefficient (Wildman–Crippen LogP) is -0.604. The normalized spacial score (nSPS) is 20.4. The van der Waals surface area contributed by atoms with E-state index in [0.29, 0.717) is 32.2 Å². The molecule has 0 unspecified atom stereocenters. The Hall–Kier alpha value is -1.67. The number of nitrogens with one attached hydrogen (secondary N) is 2. The number of hydrogen-bond acceptors (Lipinski definition) is 5. The number of hydrogen-bond donors (Lipinski definition) is 4. The van der Waals surface area contributed by atoms with E-state index in [1.165, 1.54) is 17.4 Å². The molecule has 0 aliphatic carbocycles. The van der Waals surface area contributed by atoms with Crippen LogP contribution in [0.2, 0.25) is 0 Å². The van der Waals surface area contributed by atoms with Crippen LogP contribution in [0.5, 0.6) is 0 Å². The molecule has 0 aromatic carbocycles. The van der Waals surface area contributed by atoms with Crippen LogP contribution in [0.4, 0.5) is 0 Å². The quantitative estimate of drug-likeness (QED) is 0.369. The van der Waals surface area contributed by atoms with E-state index in [4.69, 9.17) is 5.21 Å². The molecule has 22 heavy (non-hydrogen) atoms. The maximum absolute atomic E-state index is 12.7. The molecular formula is C14H25N3O5. The van der Waals surface area contributed by atoms with Gasteiger partial charge in [0, 0.05) is 13.6 Å². The zero-order chi connectivity index (χ0) is 16.7. The van der Waals surface area contributed by atoms with Crippen molar-refractivity contribution in [3.8, 4) is 0 Å². The number of amides is 3. The summed E-state index contributed by atoms with van der Waals surface area (Å²) in [4.78, 5) is 37.4. The molecule has 1 rings (SSSR count). The Bertz CT molecular complexity index is 415. The summed E-state index contributed by atoms with van der Waals surface area (Å²) in [7, 11) is 1.51. The summed E-state index contributed by atoms with van der Waals surface area (Å²) in [6.07, 6.45) is 1.41. The van der Waals surface area contributed by atoms with Gasteiger partial charge >= 0.3 is 0 Å². The molecule has 0 aromatic heterocycles. The van der Waals surface area contributed by atoms with Crippen molar-refractivity contribution in [2.75, 3.05) is 13.6 Å². The lowest BCUT2D eigenvalue weighted by molar-refractivity contribution is -0.152. The van der Waals surface area contributed by atoms with E-state index in [0.717, 1.165) is 6.42 Å². The summed E-state index contributed by atoms with van der Waals surface area (Å²) in [6.45, 7) is 2.36. The second-order valence-corrected chi connectivity index (χ2v) is 5.47. The number of aliphatic hydroxyl groups is 1. The fraction of sp³-hybridized carbons (Fsp3) is 0.786. The Labute approximate surface area is 129 Å². The van der Waals surface area contributed by atoms with E-state index in [2.05, 4.69) is 5.32 Å². The lowest BCUT2D eigenvalue weighted by Crippen LogP contribution is -2.51. The molecule has 4 N–H and O–H groups in total. The van der Waals surface area contributed by atoms with Gasteiger partial charge < -0.3 is 15.3 Å². The van der Waals surface area contributed by atoms with Crippen molar-refractivity contribution in [2.24, 2.45) is 5.92 Å². The van der Waals surface area contributed by atoms with Crippen molar-refractivity contribution in [1.29, 1.82) is 0 Å². The van der Waals surface area contributed by atoms with E-state index >= 15 is 0 Å². The minimum atomic E-state index is -1.63. The van der Waals surface area contributed by atoms with E-state index in [9.17, 15) is 19.5 Å². The first-order chi connectivity index (χ1) is 10.5. The summed E-state index contributed by atoms with van der Waals surface area (Å²) in [5, 5.41) is 21.2. The number of carbonyl (C=O) groups is 3. The van der Waals surface area contributed by atoms with Gasteiger partial charge in [-0.05, 0) is 19.3 Å². The Morgan fingerprint density at radius 1 is 1.36 bits per heavy atom. The van der Waals surface area contributed by atoms with Gasteiger partial charge in [-0.3, -0.25) is 19.6 Å². The van der Waals surface area contributed by atoms with Gasteiger partial charge in [0.05, 0.1) is 5.92 Å². The molecule has 1 aliphatic heterocycles. The van der Waals surface area contributed by atoms with Gasteiger partial charge in [0.25, 0.3) is 5.91 Å². The van der Waals surface area contributed by atoms with Crippen LogP contribution < -0.4 is 10.8 Å². The van der Waals surface area contributed by atoms with E-state index in [1.807, 2.05) is 6.92 Å². The number of rotatable bonds is 7. The number of aliphatic hydroxyl groups excluding tert-OH is 1. The zero-order valence-electron chi connectivity index (χ0n) is 13.0. The molecule has 0 saturated carbocycles. The van der Waals surface area contributed by atoms with Gasteiger partial charge in [0.2, 0.25) is 11.8 Å². The molecule has 1 fully saturated rings. The molecule has 0 aromatic rings. The van der Waals surface area contributed by atoms with Gasteiger partial charge in [-0.1, -0.05) is 19.8 Å². The van der Waals surface area contributed by atoms with Crippen LogP contribution in [0.1, 0.15) is 39.0 Å². The third kappa shape index (κ3) is 4.17. The van der Waals surface area contributed by atoms with Gasteiger partial charge in [-0.15, -0.1) is 0 Å². The Morgan fingerprint density at radius 3 is 2.59 bits per heavy atom. The maximum atomic E-state index is 12.7. The Balaban J connectivity index is 2.90. The summed E-state index contributed by atoms with van der Waals surface area (Å²) in [5.41, 5.74) is 1.37. The van der Waals surface area contributed by atoms with Crippen LogP contribution in [0.3, 0.4) is 0 Å². The molecule has 3 atom stereocenters. The smallest absolute Gasteiger partial charge is 0.272 e. The summed E-state index contributed by atoms with van der Waals surface area (Å²) < 4.78 is 0. The van der Waals surface area contributed by atoms with Crippen molar-refractivity contribution in [2.45, 2.75) is 51.2 Å². The summed E-state index contributed by atoms with van der Waals surface area (Å²) in [6, 6.07) is -0.564. The first kappa shape index (κ1) is 18.4. The van der Waals surface area contributed by atoms with Gasteiger partial charge in [-0.2, -0.15) is 0 Å². The first-order valence-electron chi connectivity index (χ1n) is 7.62. The summed E-state index contributed by atoms with van der Waals surface area (Å²) >= 11 is 0. The molecule has 8 nitrogen and oxygen atoms in total. The van der Waals surface area contributed by atoms with Crippen LogP contribution >= 0.6 is 0 Å². The summed E-state index contributed by atoms with van der Waals surface area (Å²) in [5.74, 6) is -2.64. The topological polar surface area (TPSA) is 119 Å². The molecule has 1 heterocycles. The molecular weight excluding hydrogens is 290 g/mol. The highest BCUT2D eigenvalue weighted by Crippen LogP contribution is 2.24. The fourth-order valence-corrected chi connectivity index (χ4v) is 2.77. The molecule has 126 valence electrons. The van der Waals surface area contributed by atoms with Crippen LogP contribution in [-0.4, -0.2) is 58.7 Å². The van der Waals surface area contributed by atoms with Crippen LogP contribution in [0.15, 0.2) is 0 Å². The van der Waals surface area contributed by atoms with Gasteiger partial charge in [0.1, 0.15) is 12.1 Å². The Morgan fingerprint density at radius 2 is 2.05 bits per heavy atom. The van der Waals surface area contributed by atoms with Crippen LogP contribution in [0, 0.1) is 5.92 Å². The predicted molar refractivity (Wildman–Crippen MR) is 77.8 cm³/mol. The van der Waals surface area contributed by atoms with Gasteiger partial charge in [0.15, 0.2) is 0 Å². The number of unbranched alkanes of at least 4 members (excludes halogenated alkanes) is 1. The number of nitrogens with zero attached hydrogens (tertiary/aromatic N) is 1. The van der Waals surface area contributed by atoms with Gasteiger partial charge in [-0.25, -0.2) is 5.48 Å². The monoisotopic (exact) mass is 315 g/mol. The van der Waals surface area contributed by atoms with Crippen LogP contribution in [-0.2, 0) is 14.4 Å². The van der Waals surface area contributed by atoms with E-state index in [-0.39, 0.29) is 5.91 Å². The lowest BCUT2D eigenvalue weighted by Gasteiger charge is -2.29. The fourth-order valence-electron chi connectivity index (χ4n) is 2.77. The van der Waals surface area contributed by atoms with E-state index < -0.39 is 29.9 Å². The highest BCUT2D eigenvalue weighted by atomic mass is 16.5. The molecule has 1 saturated heterocycles. The zero-order valence-corrected chi connectivity index (χ0v) is 13.0. The van der Waals surface area contributed by atoms with Crippen molar-refractivity contribution in [1.82, 2.24) is 15.7 Å². The minimum Gasteiger partial charge on any atom is -0.382 e. The van der Waals surface area contributed by atoms with Crippen molar-refractivity contribution >= 4 is 17.7 Å². The largest absolute Gasteiger partial charge is 0.382 e. The van der Waals surface area contributed by atoms with Crippen LogP contribution in [0.25, 0.3) is 0 Å². The minimum absolute atomic E-state index is 0.249. The molecule has 8 heteroatoms. The van der Waals surface area contributed by atoms with Crippen molar-refractivity contribution in [3.63, 3.8) is 0 Å². The van der Waals surface area contributed by atoms with E-state index in [1.54, 1.807) is 0 Å². The molecule has 3 amide bonds. The third-order valence-electron chi connectivity index (χ3n) is 4.03.